The van der Waals surface area contributed by atoms with E-state index in [0.717, 1.165) is 6.07 Å². The summed E-state index contributed by atoms with van der Waals surface area (Å²) in [6.07, 6.45) is -0.885. The quantitative estimate of drug-likeness (QED) is 0.635. The molecule has 0 aliphatic carbocycles. The number of carbonyl (C=O) groups excluding carboxylic acids is 2. The molecule has 90 valence electrons. The van der Waals surface area contributed by atoms with Crippen LogP contribution in [0, 0.1) is 10.1 Å². The molecule has 0 radical (unpaired) electrons. The predicted octanol–water partition coefficient (Wildman–Crippen LogP) is 1.48. The van der Waals surface area contributed by atoms with Gasteiger partial charge in [-0.15, -0.1) is 0 Å². The number of nitrogens with zero attached hydrogens (tertiary/aromatic N) is 1. The van der Waals surface area contributed by atoms with Crippen LogP contribution in [0.1, 0.15) is 17.3 Å². The molecule has 1 rings (SSSR count). The third kappa shape index (κ3) is 3.56. The summed E-state index contributed by atoms with van der Waals surface area (Å²) in [5, 5.41) is 12.4. The van der Waals surface area contributed by atoms with Gasteiger partial charge in [0.1, 0.15) is 0 Å². The van der Waals surface area contributed by atoms with Crippen LogP contribution in [0.4, 0.5) is 10.5 Å². The van der Waals surface area contributed by atoms with Gasteiger partial charge < -0.3 is 4.74 Å². The Balaban J connectivity index is 2.79. The Labute approximate surface area is 96.5 Å². The number of nitro benzene ring substituents is 1. The van der Waals surface area contributed by atoms with Crippen molar-refractivity contribution in [2.24, 2.45) is 0 Å². The number of rotatable bonds is 3. The van der Waals surface area contributed by atoms with Gasteiger partial charge in [-0.3, -0.25) is 20.2 Å². The molecule has 7 nitrogen and oxygen atoms in total. The van der Waals surface area contributed by atoms with Crippen molar-refractivity contribution in [1.29, 1.82) is 0 Å². The highest BCUT2D eigenvalue weighted by Gasteiger charge is 2.14. The van der Waals surface area contributed by atoms with Crippen molar-refractivity contribution in [3.8, 4) is 0 Å². The number of carbonyl (C=O) groups is 2. The van der Waals surface area contributed by atoms with Crippen molar-refractivity contribution in [2.75, 3.05) is 6.61 Å². The second kappa shape index (κ2) is 5.59. The fraction of sp³-hybridized carbons (Fsp3) is 0.200. The third-order valence-corrected chi connectivity index (χ3v) is 1.81. The van der Waals surface area contributed by atoms with Crippen LogP contribution in [-0.2, 0) is 4.74 Å². The number of benzene rings is 1. The van der Waals surface area contributed by atoms with E-state index >= 15 is 0 Å². The lowest BCUT2D eigenvalue weighted by atomic mass is 10.2. The summed E-state index contributed by atoms with van der Waals surface area (Å²) >= 11 is 0. The monoisotopic (exact) mass is 238 g/mol. The third-order valence-electron chi connectivity index (χ3n) is 1.81. The maximum absolute atomic E-state index is 11.5. The van der Waals surface area contributed by atoms with Gasteiger partial charge in [0.25, 0.3) is 11.6 Å². The predicted molar refractivity (Wildman–Crippen MR) is 57.6 cm³/mol. The molecular formula is C10H10N2O5. The number of non-ortho nitro benzene ring substituents is 1. The number of ether oxygens (including phenoxy) is 1. The Morgan fingerprint density at radius 2 is 2.18 bits per heavy atom. The Kier molecular flexibility index (Phi) is 4.15. The van der Waals surface area contributed by atoms with Crippen molar-refractivity contribution in [2.45, 2.75) is 6.92 Å². The summed E-state index contributed by atoms with van der Waals surface area (Å²) in [5.41, 5.74) is -0.200. The fourth-order valence-corrected chi connectivity index (χ4v) is 1.09. The maximum atomic E-state index is 11.5. The van der Waals surface area contributed by atoms with Crippen molar-refractivity contribution in [3.63, 3.8) is 0 Å². The summed E-state index contributed by atoms with van der Waals surface area (Å²) in [4.78, 5) is 32.3. The molecule has 17 heavy (non-hydrogen) atoms. The minimum Gasteiger partial charge on any atom is -0.450 e. The largest absolute Gasteiger partial charge is 0.450 e. The molecule has 0 spiro atoms. The SMILES string of the molecule is CCOC(=O)NC(=O)c1cccc([N+](=O)[O-])c1. The molecule has 1 aromatic rings. The minimum absolute atomic E-state index is 0.0206. The van der Waals surface area contributed by atoms with E-state index in [9.17, 15) is 19.7 Å². The van der Waals surface area contributed by atoms with E-state index in [1.165, 1.54) is 18.2 Å². The number of alkyl carbamates (subject to hydrolysis) is 1. The van der Waals surface area contributed by atoms with Gasteiger partial charge in [-0.2, -0.15) is 0 Å². The molecule has 0 aliphatic heterocycles. The first-order valence-corrected chi connectivity index (χ1v) is 4.77. The van der Waals surface area contributed by atoms with Crippen LogP contribution in [0.25, 0.3) is 0 Å². The molecule has 0 aliphatic rings. The van der Waals surface area contributed by atoms with Gasteiger partial charge in [-0.1, -0.05) is 6.07 Å². The van der Waals surface area contributed by atoms with Crippen LogP contribution in [-0.4, -0.2) is 23.5 Å². The smallest absolute Gasteiger partial charge is 0.414 e. The van der Waals surface area contributed by atoms with E-state index in [2.05, 4.69) is 4.74 Å². The van der Waals surface area contributed by atoms with Crippen LogP contribution in [0.2, 0.25) is 0 Å². The zero-order chi connectivity index (χ0) is 12.8. The highest BCUT2D eigenvalue weighted by Crippen LogP contribution is 2.12. The zero-order valence-corrected chi connectivity index (χ0v) is 9.00. The van der Waals surface area contributed by atoms with Gasteiger partial charge in [-0.05, 0) is 13.0 Å². The van der Waals surface area contributed by atoms with Gasteiger partial charge in [-0.25, -0.2) is 4.79 Å². The van der Waals surface area contributed by atoms with Crippen molar-refractivity contribution in [1.82, 2.24) is 5.32 Å². The van der Waals surface area contributed by atoms with E-state index in [1.807, 2.05) is 5.32 Å². The summed E-state index contributed by atoms with van der Waals surface area (Å²) in [6, 6.07) is 5.05. The Morgan fingerprint density at radius 1 is 1.47 bits per heavy atom. The lowest BCUT2D eigenvalue weighted by molar-refractivity contribution is -0.384. The number of nitro groups is 1. The summed E-state index contributed by atoms with van der Waals surface area (Å²) in [6.45, 7) is 1.73. The maximum Gasteiger partial charge on any atom is 0.414 e. The molecule has 1 aromatic carbocycles. The van der Waals surface area contributed by atoms with Crippen LogP contribution in [0.5, 0.6) is 0 Å². The molecule has 0 fully saturated rings. The Morgan fingerprint density at radius 3 is 2.76 bits per heavy atom. The van der Waals surface area contributed by atoms with Gasteiger partial charge in [0.15, 0.2) is 0 Å². The second-order valence-corrected chi connectivity index (χ2v) is 2.98. The summed E-state index contributed by atoms with van der Waals surface area (Å²) in [7, 11) is 0. The fourth-order valence-electron chi connectivity index (χ4n) is 1.09. The number of amides is 2. The van der Waals surface area contributed by atoms with Gasteiger partial charge >= 0.3 is 6.09 Å². The Bertz CT molecular complexity index is 458. The van der Waals surface area contributed by atoms with Crippen LogP contribution in [0.3, 0.4) is 0 Å². The van der Waals surface area contributed by atoms with Crippen LogP contribution < -0.4 is 5.32 Å². The van der Waals surface area contributed by atoms with E-state index in [-0.39, 0.29) is 17.9 Å². The van der Waals surface area contributed by atoms with Gasteiger partial charge in [0.2, 0.25) is 0 Å². The first-order chi connectivity index (χ1) is 8.04. The topological polar surface area (TPSA) is 98.5 Å². The van der Waals surface area contributed by atoms with Gasteiger partial charge in [0.05, 0.1) is 11.5 Å². The molecular weight excluding hydrogens is 228 g/mol. The number of hydrogen-bond donors (Lipinski definition) is 1. The molecule has 0 bridgehead atoms. The van der Waals surface area contributed by atoms with Gasteiger partial charge in [0, 0.05) is 17.7 Å². The second-order valence-electron chi connectivity index (χ2n) is 2.98. The van der Waals surface area contributed by atoms with E-state index in [0.29, 0.717) is 0 Å². The molecule has 0 atom stereocenters. The molecule has 1 N–H and O–H groups in total. The van der Waals surface area contributed by atoms with E-state index < -0.39 is 16.9 Å². The molecule has 2 amide bonds. The highest BCUT2D eigenvalue weighted by atomic mass is 16.6. The average molecular weight is 238 g/mol. The molecule has 0 aromatic heterocycles. The van der Waals surface area contributed by atoms with Crippen molar-refractivity contribution >= 4 is 17.7 Å². The van der Waals surface area contributed by atoms with Crippen molar-refractivity contribution < 1.29 is 19.2 Å². The van der Waals surface area contributed by atoms with E-state index in [4.69, 9.17) is 0 Å². The Hall–Kier alpha value is -2.44. The summed E-state index contributed by atoms with van der Waals surface area (Å²) in [5.74, 6) is -0.743. The van der Waals surface area contributed by atoms with Crippen molar-refractivity contribution in [3.05, 3.63) is 39.9 Å². The van der Waals surface area contributed by atoms with Crippen LogP contribution >= 0.6 is 0 Å². The average Bonchev–Trinajstić information content (AvgIpc) is 2.29. The summed E-state index contributed by atoms with van der Waals surface area (Å²) < 4.78 is 4.51. The molecule has 0 saturated heterocycles. The molecule has 0 saturated carbocycles. The first kappa shape index (κ1) is 12.6. The zero-order valence-electron chi connectivity index (χ0n) is 9.00. The molecule has 0 heterocycles. The highest BCUT2D eigenvalue weighted by molar-refractivity contribution is 6.03. The molecule has 0 unspecified atom stereocenters. The standard InChI is InChI=1S/C10H10N2O5/c1-2-17-10(14)11-9(13)7-4-3-5-8(6-7)12(15)16/h3-6H,2H2,1H3,(H,11,13,14). The normalized spacial score (nSPS) is 9.47. The molecule has 7 heteroatoms. The lowest BCUT2D eigenvalue weighted by Gasteiger charge is -2.03. The lowest BCUT2D eigenvalue weighted by Crippen LogP contribution is -2.30. The number of imide groups is 1. The first-order valence-electron chi connectivity index (χ1n) is 4.77. The van der Waals surface area contributed by atoms with E-state index in [1.54, 1.807) is 6.92 Å². The van der Waals surface area contributed by atoms with Crippen LogP contribution in [0.15, 0.2) is 24.3 Å². The number of hydrogen-bond acceptors (Lipinski definition) is 5. The number of nitrogens with one attached hydrogen (secondary N) is 1. The minimum atomic E-state index is -0.885.